The van der Waals surface area contributed by atoms with Crippen LogP contribution in [0.15, 0.2) is 60.7 Å². The zero-order chi connectivity index (χ0) is 27.9. The molecule has 0 aliphatic carbocycles. The van der Waals surface area contributed by atoms with E-state index in [0.717, 1.165) is 17.4 Å². The minimum Gasteiger partial charge on any atom is -0.445 e. The third kappa shape index (κ3) is 11.6. The first kappa shape index (κ1) is 30.5. The van der Waals surface area contributed by atoms with E-state index in [0.29, 0.717) is 25.7 Å². The van der Waals surface area contributed by atoms with E-state index in [-0.39, 0.29) is 18.4 Å². The highest BCUT2D eigenvalue weighted by molar-refractivity contribution is 5.92. The summed E-state index contributed by atoms with van der Waals surface area (Å²) < 4.78 is 5.29. The van der Waals surface area contributed by atoms with Gasteiger partial charge in [-0.2, -0.15) is 0 Å². The number of aldehydes is 1. The molecule has 2 rings (SSSR count). The molecule has 0 aliphatic heterocycles. The summed E-state index contributed by atoms with van der Waals surface area (Å²) in [5.74, 6) is -0.678. The predicted molar refractivity (Wildman–Crippen MR) is 147 cm³/mol. The lowest BCUT2D eigenvalue weighted by atomic mass is 9.99. The second-order valence-electron chi connectivity index (χ2n) is 10.4. The molecule has 0 aromatic heterocycles. The van der Waals surface area contributed by atoms with E-state index >= 15 is 0 Å². The normalized spacial score (nSPS) is 13.3. The molecule has 3 N–H and O–H groups in total. The number of carbonyl (C=O) groups excluding carboxylic acids is 4. The number of carbonyl (C=O) groups is 4. The summed E-state index contributed by atoms with van der Waals surface area (Å²) in [6.07, 6.45) is 1.86. The summed E-state index contributed by atoms with van der Waals surface area (Å²) in [5, 5.41) is 8.22. The van der Waals surface area contributed by atoms with Crippen LogP contribution in [0, 0.1) is 11.8 Å². The van der Waals surface area contributed by atoms with Crippen molar-refractivity contribution in [1.82, 2.24) is 16.0 Å². The van der Waals surface area contributed by atoms with Crippen LogP contribution in [0.5, 0.6) is 0 Å². The highest BCUT2D eigenvalue weighted by atomic mass is 16.5. The maximum absolute atomic E-state index is 13.2. The highest BCUT2D eigenvalue weighted by Crippen LogP contribution is 2.11. The Balaban J connectivity index is 2.00. The number of nitrogens with one attached hydrogen (secondary N) is 3. The van der Waals surface area contributed by atoms with Gasteiger partial charge in [0.25, 0.3) is 0 Å². The smallest absolute Gasteiger partial charge is 0.408 e. The topological polar surface area (TPSA) is 114 Å². The fourth-order valence-electron chi connectivity index (χ4n) is 4.01. The minimum absolute atomic E-state index is 0.0805. The number of aryl methyl sites for hydroxylation is 1. The number of hydrogen-bond donors (Lipinski definition) is 3. The molecule has 0 heterocycles. The van der Waals surface area contributed by atoms with Crippen LogP contribution in [0.2, 0.25) is 0 Å². The molecule has 0 aliphatic rings. The summed E-state index contributed by atoms with van der Waals surface area (Å²) in [5.41, 5.74) is 1.90. The Morgan fingerprint density at radius 3 is 1.76 bits per heavy atom. The number of alkyl carbamates (subject to hydrolysis) is 1. The van der Waals surface area contributed by atoms with Crippen LogP contribution >= 0.6 is 0 Å². The van der Waals surface area contributed by atoms with Crippen molar-refractivity contribution in [3.8, 4) is 0 Å². The molecule has 0 radical (unpaired) electrons. The van der Waals surface area contributed by atoms with E-state index in [1.165, 1.54) is 0 Å². The van der Waals surface area contributed by atoms with Gasteiger partial charge in [0.15, 0.2) is 0 Å². The minimum atomic E-state index is -0.874. The molecule has 8 heteroatoms. The van der Waals surface area contributed by atoms with Gasteiger partial charge < -0.3 is 25.5 Å². The molecule has 3 atom stereocenters. The van der Waals surface area contributed by atoms with Gasteiger partial charge in [-0.3, -0.25) is 9.59 Å². The first-order valence-electron chi connectivity index (χ1n) is 13.2. The molecule has 2 aromatic carbocycles. The maximum atomic E-state index is 13.2. The molecule has 8 nitrogen and oxygen atoms in total. The Hall–Kier alpha value is -3.68. The maximum Gasteiger partial charge on any atom is 0.408 e. The van der Waals surface area contributed by atoms with Gasteiger partial charge in [0, 0.05) is 0 Å². The Bertz CT molecular complexity index is 1010. The molecule has 0 spiro atoms. The predicted octanol–water partition coefficient (Wildman–Crippen LogP) is 4.17. The van der Waals surface area contributed by atoms with Gasteiger partial charge in [-0.05, 0) is 48.6 Å². The standard InChI is InChI=1S/C30H41N3O5/c1-21(2)17-26(28(35)31-25(19-34)16-15-23-11-7-5-8-12-23)32-29(36)27(18-22(3)4)33-30(37)38-20-24-13-9-6-10-14-24/h5-14,19,21-22,25-27H,15-18,20H2,1-4H3,(H,31,35)(H,32,36)(H,33,37)/t25-,26?,27-/m0/s1. The van der Waals surface area contributed by atoms with Crippen molar-refractivity contribution in [3.63, 3.8) is 0 Å². The molecular formula is C30H41N3O5. The first-order chi connectivity index (χ1) is 18.2. The largest absolute Gasteiger partial charge is 0.445 e. The average molecular weight is 524 g/mol. The van der Waals surface area contributed by atoms with E-state index in [9.17, 15) is 19.2 Å². The Morgan fingerprint density at radius 2 is 1.24 bits per heavy atom. The van der Waals surface area contributed by atoms with Crippen molar-refractivity contribution < 1.29 is 23.9 Å². The number of rotatable bonds is 15. The van der Waals surface area contributed by atoms with Crippen molar-refractivity contribution in [3.05, 3.63) is 71.8 Å². The number of benzene rings is 2. The Labute approximate surface area is 225 Å². The number of hydrogen-bond acceptors (Lipinski definition) is 5. The van der Waals surface area contributed by atoms with Crippen molar-refractivity contribution in [2.24, 2.45) is 11.8 Å². The third-order valence-corrected chi connectivity index (χ3v) is 5.95. The summed E-state index contributed by atoms with van der Waals surface area (Å²) in [6.45, 7) is 7.86. The molecule has 0 fully saturated rings. The van der Waals surface area contributed by atoms with E-state index in [1.807, 2.05) is 88.4 Å². The van der Waals surface area contributed by atoms with Crippen LogP contribution in [0.25, 0.3) is 0 Å². The highest BCUT2D eigenvalue weighted by Gasteiger charge is 2.29. The molecule has 38 heavy (non-hydrogen) atoms. The van der Waals surface area contributed by atoms with E-state index in [2.05, 4.69) is 16.0 Å². The van der Waals surface area contributed by atoms with Crippen molar-refractivity contribution >= 4 is 24.2 Å². The van der Waals surface area contributed by atoms with Gasteiger partial charge in [0.1, 0.15) is 25.0 Å². The van der Waals surface area contributed by atoms with Gasteiger partial charge in [0.2, 0.25) is 11.8 Å². The fraction of sp³-hybridized carbons (Fsp3) is 0.467. The molecule has 0 saturated carbocycles. The monoisotopic (exact) mass is 523 g/mol. The van der Waals surface area contributed by atoms with Crippen LogP contribution in [0.4, 0.5) is 4.79 Å². The molecule has 1 unspecified atom stereocenters. The molecule has 0 saturated heterocycles. The summed E-state index contributed by atoms with van der Waals surface area (Å²) in [4.78, 5) is 50.5. The zero-order valence-corrected chi connectivity index (χ0v) is 22.8. The lowest BCUT2D eigenvalue weighted by molar-refractivity contribution is -0.131. The second kappa shape index (κ2) is 16.2. The van der Waals surface area contributed by atoms with Crippen molar-refractivity contribution in [1.29, 1.82) is 0 Å². The molecule has 0 bridgehead atoms. The van der Waals surface area contributed by atoms with Crippen LogP contribution in [-0.2, 0) is 32.1 Å². The number of amides is 3. The molecule has 2 aromatic rings. The number of ether oxygens (including phenoxy) is 1. The van der Waals surface area contributed by atoms with Crippen molar-refractivity contribution in [2.45, 2.75) is 78.1 Å². The second-order valence-corrected chi connectivity index (χ2v) is 10.4. The van der Waals surface area contributed by atoms with Gasteiger partial charge in [0.05, 0.1) is 6.04 Å². The van der Waals surface area contributed by atoms with Crippen LogP contribution in [-0.4, -0.2) is 42.3 Å². The van der Waals surface area contributed by atoms with Crippen molar-refractivity contribution in [2.75, 3.05) is 0 Å². The lowest BCUT2D eigenvalue weighted by Gasteiger charge is -2.26. The van der Waals surface area contributed by atoms with Crippen LogP contribution in [0.3, 0.4) is 0 Å². The molecule has 206 valence electrons. The summed E-state index contributed by atoms with van der Waals surface area (Å²) in [6, 6.07) is 16.6. The Morgan fingerprint density at radius 1 is 0.737 bits per heavy atom. The first-order valence-corrected chi connectivity index (χ1v) is 13.2. The lowest BCUT2D eigenvalue weighted by Crippen LogP contribution is -2.55. The zero-order valence-electron chi connectivity index (χ0n) is 22.8. The fourth-order valence-corrected chi connectivity index (χ4v) is 4.01. The molecule has 3 amide bonds. The molecular weight excluding hydrogens is 482 g/mol. The third-order valence-electron chi connectivity index (χ3n) is 5.95. The van der Waals surface area contributed by atoms with Gasteiger partial charge in [-0.1, -0.05) is 88.4 Å². The van der Waals surface area contributed by atoms with Crippen LogP contribution < -0.4 is 16.0 Å². The average Bonchev–Trinajstić information content (AvgIpc) is 2.89. The van der Waals surface area contributed by atoms with Gasteiger partial charge in [-0.15, -0.1) is 0 Å². The summed E-state index contributed by atoms with van der Waals surface area (Å²) >= 11 is 0. The van der Waals surface area contributed by atoms with E-state index in [1.54, 1.807) is 0 Å². The Kier molecular flexibility index (Phi) is 13.0. The van der Waals surface area contributed by atoms with Gasteiger partial charge in [-0.25, -0.2) is 4.79 Å². The van der Waals surface area contributed by atoms with Gasteiger partial charge >= 0.3 is 6.09 Å². The quantitative estimate of drug-likeness (QED) is 0.303. The SMILES string of the molecule is CC(C)CC(NC(=O)[C@H](CC(C)C)NC(=O)OCc1ccccc1)C(=O)N[C@H](C=O)CCc1ccccc1. The summed E-state index contributed by atoms with van der Waals surface area (Å²) in [7, 11) is 0. The van der Waals surface area contributed by atoms with E-state index in [4.69, 9.17) is 4.74 Å². The van der Waals surface area contributed by atoms with Crippen LogP contribution in [0.1, 0.15) is 58.1 Å². The van der Waals surface area contributed by atoms with E-state index < -0.39 is 36.0 Å².